The number of amides is 1. The topological polar surface area (TPSA) is 197 Å². The number of anilines is 3. The van der Waals surface area contributed by atoms with Crippen LogP contribution in [0.2, 0.25) is 0 Å². The fourth-order valence-electron chi connectivity index (χ4n) is 5.67. The molecule has 0 saturated carbocycles. The lowest BCUT2D eigenvalue weighted by Gasteiger charge is -2.24. The summed E-state index contributed by atoms with van der Waals surface area (Å²) in [5.74, 6) is -2.05. The van der Waals surface area contributed by atoms with Gasteiger partial charge in [-0.2, -0.15) is 5.26 Å². The number of nitriles is 1. The summed E-state index contributed by atoms with van der Waals surface area (Å²) in [6.45, 7) is 1.94. The van der Waals surface area contributed by atoms with Crippen LogP contribution in [0.3, 0.4) is 0 Å². The van der Waals surface area contributed by atoms with Crippen molar-refractivity contribution in [3.63, 3.8) is 0 Å². The van der Waals surface area contributed by atoms with Gasteiger partial charge in [0.1, 0.15) is 29.8 Å². The van der Waals surface area contributed by atoms with Crippen LogP contribution in [-0.4, -0.2) is 50.9 Å². The summed E-state index contributed by atoms with van der Waals surface area (Å²) >= 11 is 0. The van der Waals surface area contributed by atoms with Gasteiger partial charge >= 0.3 is 5.97 Å². The maximum atomic E-state index is 13.9. The minimum atomic E-state index is -4.06. The highest BCUT2D eigenvalue weighted by molar-refractivity contribution is 7.90. The van der Waals surface area contributed by atoms with Crippen LogP contribution in [0.25, 0.3) is 22.2 Å². The fourth-order valence-corrected chi connectivity index (χ4v) is 7.01. The van der Waals surface area contributed by atoms with E-state index in [4.69, 9.17) is 5.73 Å². The number of pyridine rings is 1. The van der Waals surface area contributed by atoms with Crippen LogP contribution < -0.4 is 16.0 Å². The lowest BCUT2D eigenvalue weighted by molar-refractivity contribution is -0.137. The first-order valence-corrected chi connectivity index (χ1v) is 16.9. The van der Waals surface area contributed by atoms with Crippen molar-refractivity contribution in [2.45, 2.75) is 24.3 Å². The van der Waals surface area contributed by atoms with Crippen LogP contribution in [0.4, 0.5) is 21.7 Å². The standard InChI is InChI=1S/C36H29FN8O5S/c1-2-44(26-14-12-25(37)13-15-26)36(48)28-16-22(18-38)19-40-34(28)43-30(17-31(46)47)24-10-8-23(9-11-24)29-20-45(35-32(29)33(39)41-21-42-35)51(49,50)27-6-4-3-5-7-27/h3-16,19-21,30H,2,17H2,1H3,(H,40,43)(H,46,47)(H2,39,41,42)/t30-/m1/s1. The Morgan fingerprint density at radius 1 is 1.04 bits per heavy atom. The molecule has 0 bridgehead atoms. The molecule has 3 aromatic carbocycles. The monoisotopic (exact) mass is 704 g/mol. The number of aromatic nitrogens is 4. The molecule has 6 rings (SSSR count). The summed E-state index contributed by atoms with van der Waals surface area (Å²) in [5, 5.41) is 22.8. The molecule has 0 aliphatic rings. The lowest BCUT2D eigenvalue weighted by atomic mass is 9.98. The van der Waals surface area contributed by atoms with Crippen molar-refractivity contribution in [2.24, 2.45) is 0 Å². The minimum absolute atomic E-state index is 0.00939. The molecule has 256 valence electrons. The van der Waals surface area contributed by atoms with Gasteiger partial charge in [0.05, 0.1) is 33.9 Å². The highest BCUT2D eigenvalue weighted by atomic mass is 32.2. The van der Waals surface area contributed by atoms with Crippen LogP contribution in [0, 0.1) is 17.1 Å². The molecule has 0 aliphatic heterocycles. The average molecular weight is 705 g/mol. The summed E-state index contributed by atoms with van der Waals surface area (Å²) in [7, 11) is -4.06. The summed E-state index contributed by atoms with van der Waals surface area (Å²) < 4.78 is 41.9. The van der Waals surface area contributed by atoms with Crippen LogP contribution in [-0.2, 0) is 14.8 Å². The third-order valence-corrected chi connectivity index (χ3v) is 9.81. The SMILES string of the molecule is CCN(C(=O)c1cc(C#N)cnc1N[C@H](CC(=O)O)c1ccc(-c2cn(S(=O)(=O)c3ccccc3)c3ncnc(N)c23)cc1)c1ccc(F)cc1. The van der Waals surface area contributed by atoms with Gasteiger partial charge < -0.3 is 21.1 Å². The molecule has 4 N–H and O–H groups in total. The van der Waals surface area contributed by atoms with Crippen molar-refractivity contribution in [1.82, 2.24) is 18.9 Å². The Balaban J connectivity index is 1.37. The van der Waals surface area contributed by atoms with Gasteiger partial charge in [-0.15, -0.1) is 0 Å². The zero-order chi connectivity index (χ0) is 36.3. The van der Waals surface area contributed by atoms with Crippen LogP contribution in [0.15, 0.2) is 109 Å². The van der Waals surface area contributed by atoms with E-state index in [1.165, 1.54) is 66.1 Å². The predicted molar refractivity (Wildman–Crippen MR) is 188 cm³/mol. The number of carboxylic acids is 1. The molecule has 3 aromatic heterocycles. The smallest absolute Gasteiger partial charge is 0.305 e. The third kappa shape index (κ3) is 6.80. The second kappa shape index (κ2) is 14.1. The molecule has 1 atom stereocenters. The number of nitrogens with two attached hydrogens (primary N) is 1. The number of fused-ring (bicyclic) bond motifs is 1. The fraction of sp³-hybridized carbons (Fsp3) is 0.111. The molecule has 0 fully saturated rings. The van der Waals surface area contributed by atoms with Gasteiger partial charge in [0.2, 0.25) is 0 Å². The number of aliphatic carboxylic acids is 1. The maximum Gasteiger partial charge on any atom is 0.305 e. The van der Waals surface area contributed by atoms with E-state index in [1.807, 2.05) is 6.07 Å². The average Bonchev–Trinajstić information content (AvgIpc) is 3.55. The Morgan fingerprint density at radius 2 is 1.75 bits per heavy atom. The van der Waals surface area contributed by atoms with E-state index in [-0.39, 0.29) is 39.9 Å². The van der Waals surface area contributed by atoms with Crippen molar-refractivity contribution >= 4 is 50.3 Å². The second-order valence-corrected chi connectivity index (χ2v) is 13.1. The number of nitrogens with one attached hydrogen (secondary N) is 1. The zero-order valence-corrected chi connectivity index (χ0v) is 27.8. The minimum Gasteiger partial charge on any atom is -0.481 e. The van der Waals surface area contributed by atoms with E-state index < -0.39 is 40.2 Å². The van der Waals surface area contributed by atoms with Crippen molar-refractivity contribution in [3.05, 3.63) is 126 Å². The Labute approximate surface area is 291 Å². The molecule has 0 saturated heterocycles. The Hall–Kier alpha value is -6.66. The van der Waals surface area contributed by atoms with E-state index in [0.717, 1.165) is 3.97 Å². The number of rotatable bonds is 11. The van der Waals surface area contributed by atoms with Gasteiger partial charge in [0.15, 0.2) is 5.65 Å². The first-order chi connectivity index (χ1) is 24.5. The summed E-state index contributed by atoms with van der Waals surface area (Å²) in [4.78, 5) is 39.9. The van der Waals surface area contributed by atoms with Gasteiger partial charge in [-0.05, 0) is 60.5 Å². The van der Waals surface area contributed by atoms with Crippen molar-refractivity contribution in [1.29, 1.82) is 5.26 Å². The molecule has 1 amide bonds. The van der Waals surface area contributed by atoms with Crippen LogP contribution >= 0.6 is 0 Å². The Morgan fingerprint density at radius 3 is 2.39 bits per heavy atom. The molecular formula is C36H29FN8O5S. The van der Waals surface area contributed by atoms with E-state index in [9.17, 15) is 32.8 Å². The zero-order valence-electron chi connectivity index (χ0n) is 26.9. The molecule has 15 heteroatoms. The number of nitrogen functional groups attached to an aromatic ring is 1. The van der Waals surface area contributed by atoms with Crippen molar-refractivity contribution in [2.75, 3.05) is 22.5 Å². The summed E-state index contributed by atoms with van der Waals surface area (Å²) in [6, 6.07) is 22.3. The van der Waals surface area contributed by atoms with E-state index >= 15 is 0 Å². The predicted octanol–water partition coefficient (Wildman–Crippen LogP) is 5.62. The molecule has 3 heterocycles. The summed E-state index contributed by atoms with van der Waals surface area (Å²) in [6.07, 6.45) is 3.44. The highest BCUT2D eigenvalue weighted by Crippen LogP contribution is 2.36. The van der Waals surface area contributed by atoms with Crippen molar-refractivity contribution in [3.8, 4) is 17.2 Å². The number of carbonyl (C=O) groups is 2. The number of halogens is 1. The van der Waals surface area contributed by atoms with E-state index in [0.29, 0.717) is 27.8 Å². The maximum absolute atomic E-state index is 13.9. The first-order valence-electron chi connectivity index (χ1n) is 15.5. The van der Waals surface area contributed by atoms with Crippen LogP contribution in [0.5, 0.6) is 0 Å². The highest BCUT2D eigenvalue weighted by Gasteiger charge is 2.26. The van der Waals surface area contributed by atoms with Crippen molar-refractivity contribution < 1.29 is 27.5 Å². The van der Waals surface area contributed by atoms with Gasteiger partial charge in [0, 0.05) is 30.2 Å². The van der Waals surface area contributed by atoms with Gasteiger partial charge in [-0.3, -0.25) is 9.59 Å². The van der Waals surface area contributed by atoms with Crippen LogP contribution in [0.1, 0.15) is 40.9 Å². The number of nitrogens with zero attached hydrogens (tertiary/aromatic N) is 6. The largest absolute Gasteiger partial charge is 0.481 e. The summed E-state index contributed by atoms with van der Waals surface area (Å²) in [5.41, 5.74) is 8.33. The third-order valence-electron chi connectivity index (χ3n) is 8.14. The van der Waals surface area contributed by atoms with E-state index in [1.54, 1.807) is 49.4 Å². The molecule has 0 radical (unpaired) electrons. The van der Waals surface area contributed by atoms with Gasteiger partial charge in [-0.25, -0.2) is 31.7 Å². The quantitative estimate of drug-likeness (QED) is 0.151. The molecular weight excluding hydrogens is 676 g/mol. The van der Waals surface area contributed by atoms with Gasteiger partial charge in [0.25, 0.3) is 15.9 Å². The molecule has 0 spiro atoms. The normalized spacial score (nSPS) is 11.9. The number of carbonyl (C=O) groups excluding carboxylic acids is 1. The van der Waals surface area contributed by atoms with Gasteiger partial charge in [-0.1, -0.05) is 42.5 Å². The molecule has 51 heavy (non-hydrogen) atoms. The second-order valence-electron chi connectivity index (χ2n) is 11.3. The number of carboxylic acid groups (broad SMARTS) is 1. The lowest BCUT2D eigenvalue weighted by Crippen LogP contribution is -2.32. The molecule has 0 unspecified atom stereocenters. The molecule has 0 aliphatic carbocycles. The number of benzene rings is 3. The first kappa shape index (κ1) is 34.2. The van der Waals surface area contributed by atoms with E-state index in [2.05, 4.69) is 20.3 Å². The Kier molecular flexibility index (Phi) is 9.43. The Bertz CT molecular complexity index is 2410. The molecule has 13 nitrogen and oxygen atoms in total. The molecule has 6 aromatic rings. The number of hydrogen-bond donors (Lipinski definition) is 3. The number of hydrogen-bond acceptors (Lipinski definition) is 10.